The number of nitrogens with zero attached hydrogens (tertiary/aromatic N) is 2. The molecule has 0 aromatic heterocycles. The van der Waals surface area contributed by atoms with Gasteiger partial charge in [-0.2, -0.15) is 0 Å². The Labute approximate surface area is 237 Å². The zero-order valence-electron chi connectivity index (χ0n) is 25.8. The Hall–Kier alpha value is -2.62. The number of benzene rings is 2. The summed E-state index contributed by atoms with van der Waals surface area (Å²) in [6, 6.07) is 8.67. The van der Waals surface area contributed by atoms with Gasteiger partial charge in [-0.25, -0.2) is 0 Å². The maximum Gasteiger partial charge on any atom is 0.127 e. The fourth-order valence-electron chi connectivity index (χ4n) is 6.28. The minimum atomic E-state index is 0.0644. The molecule has 39 heavy (non-hydrogen) atoms. The van der Waals surface area contributed by atoms with Gasteiger partial charge in [0.25, 0.3) is 0 Å². The van der Waals surface area contributed by atoms with Crippen LogP contribution in [0, 0.1) is 13.8 Å². The fourth-order valence-corrected chi connectivity index (χ4v) is 6.28. The molecule has 2 N–H and O–H groups in total. The van der Waals surface area contributed by atoms with Crippen molar-refractivity contribution < 1.29 is 10.2 Å². The molecule has 1 saturated carbocycles. The molecule has 214 valence electrons. The summed E-state index contributed by atoms with van der Waals surface area (Å²) < 4.78 is 0. The molecule has 2 unspecified atom stereocenters. The second-order valence-corrected chi connectivity index (χ2v) is 12.0. The molecule has 0 bridgehead atoms. The normalized spacial score (nSPS) is 18.9. The van der Waals surface area contributed by atoms with Crippen molar-refractivity contribution >= 4 is 12.4 Å². The Balaban J connectivity index is 1.92. The molecule has 0 radical (unpaired) electrons. The van der Waals surface area contributed by atoms with Crippen LogP contribution in [-0.4, -0.2) is 34.7 Å². The van der Waals surface area contributed by atoms with Crippen molar-refractivity contribution in [3.05, 3.63) is 57.6 Å². The number of hydrogen-bond donors (Lipinski definition) is 2. The van der Waals surface area contributed by atoms with Crippen LogP contribution in [0.3, 0.4) is 0 Å². The first kappa shape index (κ1) is 30.9. The molecule has 3 rings (SSSR count). The van der Waals surface area contributed by atoms with Crippen LogP contribution in [0.25, 0.3) is 0 Å². The van der Waals surface area contributed by atoms with E-state index < -0.39 is 0 Å². The van der Waals surface area contributed by atoms with Gasteiger partial charge in [0.1, 0.15) is 11.5 Å². The Morgan fingerprint density at radius 1 is 0.692 bits per heavy atom. The first-order valence-corrected chi connectivity index (χ1v) is 15.3. The number of phenolic OH excluding ortho intramolecular Hbond substituents is 2. The minimum Gasteiger partial charge on any atom is -0.507 e. The Kier molecular flexibility index (Phi) is 10.4. The van der Waals surface area contributed by atoms with Gasteiger partial charge < -0.3 is 10.2 Å². The summed E-state index contributed by atoms with van der Waals surface area (Å²) >= 11 is 0. The molecule has 0 heterocycles. The zero-order chi connectivity index (χ0) is 28.8. The van der Waals surface area contributed by atoms with Crippen LogP contribution in [0.15, 0.2) is 34.3 Å². The number of rotatable bonds is 11. The highest BCUT2D eigenvalue weighted by Crippen LogP contribution is 2.38. The third-order valence-corrected chi connectivity index (χ3v) is 10.1. The van der Waals surface area contributed by atoms with Crippen LogP contribution in [0.4, 0.5) is 0 Å². The molecule has 0 aliphatic heterocycles. The summed E-state index contributed by atoms with van der Waals surface area (Å²) in [5.74, 6) is 0.638. The molecule has 4 heteroatoms. The molecule has 1 aliphatic rings. The quantitative estimate of drug-likeness (QED) is 0.283. The first-order chi connectivity index (χ1) is 18.6. The molecular formula is C35H52N2O2. The highest BCUT2D eigenvalue weighted by Gasteiger charge is 2.28. The summed E-state index contributed by atoms with van der Waals surface area (Å²) in [7, 11) is 0. The van der Waals surface area contributed by atoms with E-state index in [9.17, 15) is 10.2 Å². The van der Waals surface area contributed by atoms with Gasteiger partial charge in [-0.1, -0.05) is 66.5 Å². The molecule has 0 spiro atoms. The monoisotopic (exact) mass is 532 g/mol. The second-order valence-electron chi connectivity index (χ2n) is 12.0. The van der Waals surface area contributed by atoms with Crippen LogP contribution in [0.1, 0.15) is 133 Å². The predicted molar refractivity (Wildman–Crippen MR) is 167 cm³/mol. The highest BCUT2D eigenvalue weighted by molar-refractivity contribution is 5.86. The summed E-state index contributed by atoms with van der Waals surface area (Å²) in [5.41, 5.74) is 6.16. The van der Waals surface area contributed by atoms with Gasteiger partial charge in [-0.15, -0.1) is 0 Å². The Bertz CT molecular complexity index is 1160. The van der Waals surface area contributed by atoms with Crippen molar-refractivity contribution in [2.45, 2.75) is 136 Å². The van der Waals surface area contributed by atoms with E-state index in [-0.39, 0.29) is 22.9 Å². The van der Waals surface area contributed by atoms with E-state index in [4.69, 9.17) is 9.98 Å². The number of phenols is 2. The Morgan fingerprint density at radius 2 is 1.10 bits per heavy atom. The molecule has 0 saturated heterocycles. The summed E-state index contributed by atoms with van der Waals surface area (Å²) in [4.78, 5) is 10.0. The van der Waals surface area contributed by atoms with E-state index in [1.54, 1.807) is 0 Å². The van der Waals surface area contributed by atoms with E-state index in [0.29, 0.717) is 11.5 Å². The number of aryl methyl sites for hydroxylation is 2. The zero-order valence-corrected chi connectivity index (χ0v) is 25.8. The van der Waals surface area contributed by atoms with E-state index >= 15 is 0 Å². The van der Waals surface area contributed by atoms with Gasteiger partial charge in [0.2, 0.25) is 0 Å². The van der Waals surface area contributed by atoms with Crippen LogP contribution < -0.4 is 0 Å². The lowest BCUT2D eigenvalue weighted by Crippen LogP contribution is -2.27. The maximum absolute atomic E-state index is 10.9. The van der Waals surface area contributed by atoms with Crippen molar-refractivity contribution in [2.24, 2.45) is 9.98 Å². The lowest BCUT2D eigenvalue weighted by molar-refractivity contribution is 0.380. The van der Waals surface area contributed by atoms with E-state index in [1.165, 1.54) is 11.1 Å². The second kappa shape index (κ2) is 13.2. The van der Waals surface area contributed by atoms with Crippen molar-refractivity contribution in [3.8, 4) is 11.5 Å². The molecule has 2 aromatic carbocycles. The van der Waals surface area contributed by atoms with Crippen LogP contribution in [0.5, 0.6) is 11.5 Å². The number of aromatic hydroxyl groups is 2. The smallest absolute Gasteiger partial charge is 0.127 e. The molecule has 0 amide bonds. The third kappa shape index (κ3) is 6.58. The number of aliphatic imine (C=N–C) groups is 2. The largest absolute Gasteiger partial charge is 0.507 e. The summed E-state index contributed by atoms with van der Waals surface area (Å²) in [6.07, 6.45) is 13.3. The first-order valence-electron chi connectivity index (χ1n) is 15.3. The van der Waals surface area contributed by atoms with Crippen molar-refractivity contribution in [2.75, 3.05) is 0 Å². The van der Waals surface area contributed by atoms with E-state index in [1.807, 2.05) is 26.3 Å². The van der Waals surface area contributed by atoms with Gasteiger partial charge in [0.15, 0.2) is 0 Å². The standard InChI is InChI=1S/C35H52N2O2/c1-9-34(8,10-2)28-18-24(6)32(38)26(20-28)22-36-30-16-14-15-17-31(30)37-23-27-21-29(19-25(7)33(27)39)35(11-3,12-4)13-5/h18-23,30-31,38-39H,9-17H2,1-8H3. The maximum atomic E-state index is 10.9. The lowest BCUT2D eigenvalue weighted by atomic mass is 9.73. The third-order valence-electron chi connectivity index (χ3n) is 10.1. The molecule has 2 atom stereocenters. The van der Waals surface area contributed by atoms with Crippen molar-refractivity contribution in [1.29, 1.82) is 0 Å². The van der Waals surface area contributed by atoms with Crippen LogP contribution in [0.2, 0.25) is 0 Å². The van der Waals surface area contributed by atoms with E-state index in [0.717, 1.165) is 80.0 Å². The average molecular weight is 533 g/mol. The van der Waals surface area contributed by atoms with Crippen LogP contribution >= 0.6 is 0 Å². The Morgan fingerprint density at radius 3 is 1.51 bits per heavy atom. The number of hydrogen-bond acceptors (Lipinski definition) is 4. The van der Waals surface area contributed by atoms with Gasteiger partial charge in [0.05, 0.1) is 12.1 Å². The van der Waals surface area contributed by atoms with Gasteiger partial charge in [-0.3, -0.25) is 9.98 Å². The van der Waals surface area contributed by atoms with Gasteiger partial charge in [-0.05, 0) is 104 Å². The lowest BCUT2D eigenvalue weighted by Gasteiger charge is -2.32. The highest BCUT2D eigenvalue weighted by atomic mass is 16.3. The molecular weight excluding hydrogens is 480 g/mol. The fraction of sp³-hybridized carbons (Fsp3) is 0.600. The predicted octanol–water partition coefficient (Wildman–Crippen LogP) is 9.11. The average Bonchev–Trinajstić information content (AvgIpc) is 2.95. The van der Waals surface area contributed by atoms with Gasteiger partial charge >= 0.3 is 0 Å². The van der Waals surface area contributed by atoms with E-state index in [2.05, 4.69) is 65.8 Å². The van der Waals surface area contributed by atoms with Gasteiger partial charge in [0, 0.05) is 23.6 Å². The molecule has 1 aliphatic carbocycles. The molecule has 4 nitrogen and oxygen atoms in total. The topological polar surface area (TPSA) is 65.2 Å². The minimum absolute atomic E-state index is 0.0644. The van der Waals surface area contributed by atoms with Crippen molar-refractivity contribution in [3.63, 3.8) is 0 Å². The SMILES string of the molecule is CCC(C)(CC)c1cc(C)c(O)c(C=NC2CCCCC2N=Cc2cc(C(CC)(CC)CC)cc(C)c2O)c1. The molecule has 1 fully saturated rings. The summed E-state index contributed by atoms with van der Waals surface area (Å²) in [6.45, 7) is 17.5. The molecule has 2 aromatic rings. The summed E-state index contributed by atoms with van der Waals surface area (Å²) in [5, 5.41) is 21.7. The van der Waals surface area contributed by atoms with Crippen LogP contribution in [-0.2, 0) is 10.8 Å². The van der Waals surface area contributed by atoms with Crippen molar-refractivity contribution in [1.82, 2.24) is 0 Å².